The van der Waals surface area contributed by atoms with Crippen molar-refractivity contribution in [3.63, 3.8) is 0 Å². The third-order valence-electron chi connectivity index (χ3n) is 6.13. The Kier molecular flexibility index (Phi) is 5.34. The summed E-state index contributed by atoms with van der Waals surface area (Å²) in [5, 5.41) is 0. The lowest BCUT2D eigenvalue weighted by molar-refractivity contribution is -0.144. The van der Waals surface area contributed by atoms with E-state index >= 15 is 0 Å². The highest BCUT2D eigenvalue weighted by molar-refractivity contribution is 5.84. The summed E-state index contributed by atoms with van der Waals surface area (Å²) in [4.78, 5) is 29.3. The highest BCUT2D eigenvalue weighted by Crippen LogP contribution is 2.49. The highest BCUT2D eigenvalue weighted by Gasteiger charge is 2.46. The van der Waals surface area contributed by atoms with Gasteiger partial charge in [-0.25, -0.2) is 0 Å². The molecule has 146 valence electrons. The largest absolute Gasteiger partial charge is 0.497 e. The molecule has 1 aliphatic carbocycles. The molecule has 0 radical (unpaired) electrons. The number of morpholine rings is 1. The number of benzene rings is 1. The van der Waals surface area contributed by atoms with Crippen LogP contribution in [0.3, 0.4) is 0 Å². The average molecular weight is 372 g/mol. The molecule has 2 heterocycles. The molecule has 2 saturated heterocycles. The zero-order chi connectivity index (χ0) is 18.8. The number of likely N-dealkylation sites (tertiary alicyclic amines) is 1. The number of carbonyl (C=O) groups excluding carboxylic acids is 2. The van der Waals surface area contributed by atoms with E-state index in [9.17, 15) is 9.59 Å². The Morgan fingerprint density at radius 2 is 1.59 bits per heavy atom. The molecule has 1 aromatic rings. The summed E-state index contributed by atoms with van der Waals surface area (Å²) in [5.74, 6) is 1.83. The molecule has 0 spiro atoms. The molecule has 0 bridgehead atoms. The molecule has 3 aliphatic rings. The number of hydrogen-bond acceptors (Lipinski definition) is 4. The van der Waals surface area contributed by atoms with Gasteiger partial charge in [0.05, 0.1) is 20.3 Å². The molecule has 4 rings (SSSR count). The van der Waals surface area contributed by atoms with Crippen LogP contribution in [0.4, 0.5) is 0 Å². The van der Waals surface area contributed by atoms with Gasteiger partial charge in [0.15, 0.2) is 0 Å². The molecule has 0 N–H and O–H groups in total. The number of rotatable bonds is 4. The van der Waals surface area contributed by atoms with Gasteiger partial charge in [-0.1, -0.05) is 12.1 Å². The fourth-order valence-corrected chi connectivity index (χ4v) is 4.31. The third-order valence-corrected chi connectivity index (χ3v) is 6.13. The molecule has 2 aliphatic heterocycles. The SMILES string of the molecule is COc1ccc([C@@H]2C[C@H]2C(=O)N2CCC(C(=O)N3CCOCC3)CC2)cc1. The summed E-state index contributed by atoms with van der Waals surface area (Å²) in [7, 11) is 1.66. The lowest BCUT2D eigenvalue weighted by Gasteiger charge is -2.35. The van der Waals surface area contributed by atoms with Crippen molar-refractivity contribution in [2.24, 2.45) is 11.8 Å². The minimum Gasteiger partial charge on any atom is -0.497 e. The predicted molar refractivity (Wildman–Crippen MR) is 101 cm³/mol. The number of methoxy groups -OCH3 is 1. The van der Waals surface area contributed by atoms with Crippen molar-refractivity contribution in [3.05, 3.63) is 29.8 Å². The van der Waals surface area contributed by atoms with Crippen LogP contribution in [0.2, 0.25) is 0 Å². The fourth-order valence-electron chi connectivity index (χ4n) is 4.31. The van der Waals surface area contributed by atoms with Gasteiger partial charge in [0, 0.05) is 38.0 Å². The number of nitrogens with zero attached hydrogens (tertiary/aromatic N) is 2. The Labute approximate surface area is 160 Å². The molecule has 0 unspecified atom stereocenters. The summed E-state index contributed by atoms with van der Waals surface area (Å²) < 4.78 is 10.5. The van der Waals surface area contributed by atoms with Crippen LogP contribution in [0.15, 0.2) is 24.3 Å². The topological polar surface area (TPSA) is 59.1 Å². The van der Waals surface area contributed by atoms with Gasteiger partial charge in [-0.05, 0) is 42.9 Å². The average Bonchev–Trinajstić information content (AvgIpc) is 3.54. The van der Waals surface area contributed by atoms with E-state index in [4.69, 9.17) is 9.47 Å². The van der Waals surface area contributed by atoms with E-state index in [1.807, 2.05) is 21.9 Å². The summed E-state index contributed by atoms with van der Waals surface area (Å²) in [6, 6.07) is 8.03. The minimum absolute atomic E-state index is 0.0590. The first-order valence-electron chi connectivity index (χ1n) is 9.96. The van der Waals surface area contributed by atoms with Gasteiger partial charge in [0.25, 0.3) is 0 Å². The maximum absolute atomic E-state index is 12.8. The number of hydrogen-bond donors (Lipinski definition) is 0. The Hall–Kier alpha value is -2.08. The lowest BCUT2D eigenvalue weighted by atomic mass is 9.94. The van der Waals surface area contributed by atoms with Gasteiger partial charge in [0.2, 0.25) is 11.8 Å². The molecule has 0 aromatic heterocycles. The van der Waals surface area contributed by atoms with Crippen molar-refractivity contribution in [2.75, 3.05) is 46.5 Å². The van der Waals surface area contributed by atoms with Crippen molar-refractivity contribution in [3.8, 4) is 5.75 Å². The van der Waals surface area contributed by atoms with Crippen molar-refractivity contribution in [2.45, 2.75) is 25.2 Å². The Bertz CT molecular complexity index is 676. The van der Waals surface area contributed by atoms with E-state index in [0.717, 1.165) is 25.0 Å². The molecule has 2 atom stereocenters. The number of amides is 2. The van der Waals surface area contributed by atoms with Gasteiger partial charge in [-0.2, -0.15) is 0 Å². The van der Waals surface area contributed by atoms with Crippen LogP contribution in [-0.2, 0) is 14.3 Å². The molecular formula is C21H28N2O4. The van der Waals surface area contributed by atoms with Crippen LogP contribution in [0.5, 0.6) is 5.75 Å². The molecule has 6 nitrogen and oxygen atoms in total. The van der Waals surface area contributed by atoms with E-state index in [-0.39, 0.29) is 23.7 Å². The van der Waals surface area contributed by atoms with Gasteiger partial charge in [0.1, 0.15) is 5.75 Å². The van der Waals surface area contributed by atoms with Crippen molar-refractivity contribution >= 4 is 11.8 Å². The molecule has 1 aromatic carbocycles. The Balaban J connectivity index is 1.27. The second kappa shape index (κ2) is 7.89. The van der Waals surface area contributed by atoms with E-state index in [1.54, 1.807) is 7.11 Å². The summed E-state index contributed by atoms with van der Waals surface area (Å²) in [6.07, 6.45) is 2.49. The van der Waals surface area contributed by atoms with Gasteiger partial charge in [-0.15, -0.1) is 0 Å². The van der Waals surface area contributed by atoms with Crippen LogP contribution in [0.1, 0.15) is 30.7 Å². The molecule has 27 heavy (non-hydrogen) atoms. The minimum atomic E-state index is 0.0590. The number of piperidine rings is 1. The smallest absolute Gasteiger partial charge is 0.226 e. The van der Waals surface area contributed by atoms with Gasteiger partial charge < -0.3 is 19.3 Å². The van der Waals surface area contributed by atoms with E-state index in [0.29, 0.717) is 45.3 Å². The molecule has 3 fully saturated rings. The first-order valence-corrected chi connectivity index (χ1v) is 9.96. The Morgan fingerprint density at radius 1 is 0.963 bits per heavy atom. The van der Waals surface area contributed by atoms with Crippen molar-refractivity contribution < 1.29 is 19.1 Å². The zero-order valence-electron chi connectivity index (χ0n) is 15.9. The summed E-state index contributed by atoms with van der Waals surface area (Å²) >= 11 is 0. The van der Waals surface area contributed by atoms with Gasteiger partial charge >= 0.3 is 0 Å². The molecular weight excluding hydrogens is 344 g/mol. The van der Waals surface area contributed by atoms with Crippen LogP contribution in [0.25, 0.3) is 0 Å². The molecule has 1 saturated carbocycles. The van der Waals surface area contributed by atoms with Crippen LogP contribution in [-0.4, -0.2) is 68.1 Å². The van der Waals surface area contributed by atoms with E-state index in [2.05, 4.69) is 12.1 Å². The first kappa shape index (κ1) is 18.3. The summed E-state index contributed by atoms with van der Waals surface area (Å²) in [5.41, 5.74) is 1.21. The van der Waals surface area contributed by atoms with Crippen LogP contribution >= 0.6 is 0 Å². The van der Waals surface area contributed by atoms with Crippen molar-refractivity contribution in [1.29, 1.82) is 0 Å². The normalized spacial score (nSPS) is 26.0. The molecule has 6 heteroatoms. The number of carbonyl (C=O) groups is 2. The van der Waals surface area contributed by atoms with Crippen molar-refractivity contribution in [1.82, 2.24) is 9.80 Å². The maximum Gasteiger partial charge on any atom is 0.226 e. The second-order valence-corrected chi connectivity index (χ2v) is 7.76. The van der Waals surface area contributed by atoms with E-state index in [1.165, 1.54) is 5.56 Å². The fraction of sp³-hybridized carbons (Fsp3) is 0.619. The monoisotopic (exact) mass is 372 g/mol. The second-order valence-electron chi connectivity index (χ2n) is 7.76. The summed E-state index contributed by atoms with van der Waals surface area (Å²) in [6.45, 7) is 4.07. The lowest BCUT2D eigenvalue weighted by Crippen LogP contribution is -2.47. The Morgan fingerprint density at radius 3 is 2.22 bits per heavy atom. The van der Waals surface area contributed by atoms with Crippen LogP contribution in [0, 0.1) is 11.8 Å². The first-order chi connectivity index (χ1) is 13.2. The predicted octanol–water partition coefficient (Wildman–Crippen LogP) is 1.90. The highest BCUT2D eigenvalue weighted by atomic mass is 16.5. The van der Waals surface area contributed by atoms with E-state index < -0.39 is 0 Å². The quantitative estimate of drug-likeness (QED) is 0.810. The molecule has 2 amide bonds. The third kappa shape index (κ3) is 3.95. The zero-order valence-corrected chi connectivity index (χ0v) is 15.9. The van der Waals surface area contributed by atoms with Crippen LogP contribution < -0.4 is 4.74 Å². The van der Waals surface area contributed by atoms with Gasteiger partial charge in [-0.3, -0.25) is 9.59 Å². The standard InChI is InChI=1S/C21H28N2O4/c1-26-17-4-2-15(3-5-17)18-14-19(18)21(25)22-8-6-16(7-9-22)20(24)23-10-12-27-13-11-23/h2-5,16,18-19H,6-14H2,1H3/t18-,19+/m0/s1. The maximum atomic E-state index is 12.8. The number of ether oxygens (including phenoxy) is 2.